The lowest BCUT2D eigenvalue weighted by atomic mass is 9.58. The summed E-state index contributed by atoms with van der Waals surface area (Å²) in [6.07, 6.45) is 3.55. The van der Waals surface area contributed by atoms with Gasteiger partial charge in [-0.3, -0.25) is 14.5 Å². The first-order chi connectivity index (χ1) is 10.9. The molecule has 2 aliphatic heterocycles. The second-order valence-corrected chi connectivity index (χ2v) is 8.10. The van der Waals surface area contributed by atoms with Crippen LogP contribution in [0.3, 0.4) is 0 Å². The van der Waals surface area contributed by atoms with Crippen molar-refractivity contribution in [2.75, 3.05) is 0 Å². The zero-order valence-corrected chi connectivity index (χ0v) is 14.1. The summed E-state index contributed by atoms with van der Waals surface area (Å²) in [5.74, 6) is 1.54. The van der Waals surface area contributed by atoms with Crippen molar-refractivity contribution < 1.29 is 14.7 Å². The van der Waals surface area contributed by atoms with Crippen LogP contribution in [0, 0.1) is 35.5 Å². The first-order valence-electron chi connectivity index (χ1n) is 9.05. The Hall–Kier alpha value is -1.23. The van der Waals surface area contributed by atoms with Gasteiger partial charge in [-0.25, -0.2) is 0 Å². The maximum absolute atomic E-state index is 13.0. The Bertz CT molecular complexity index is 585. The third-order valence-corrected chi connectivity index (χ3v) is 7.13. The van der Waals surface area contributed by atoms with E-state index in [0.717, 1.165) is 25.7 Å². The van der Waals surface area contributed by atoms with Gasteiger partial charge in [0.25, 0.3) is 5.91 Å². The van der Waals surface area contributed by atoms with Crippen molar-refractivity contribution in [3.63, 3.8) is 0 Å². The molecule has 2 heterocycles. The fraction of sp³-hybridized carbons (Fsp3) is 0.833. The number of nitrogens with zero attached hydrogens (tertiary/aromatic N) is 2. The van der Waals surface area contributed by atoms with Crippen LogP contribution in [0.15, 0.2) is 4.99 Å². The number of rotatable bonds is 0. The Balaban J connectivity index is 1.78. The summed E-state index contributed by atoms with van der Waals surface area (Å²) in [7, 11) is 0. The molecule has 4 aliphatic rings. The molecule has 4 rings (SSSR count). The molecule has 2 saturated carbocycles. The summed E-state index contributed by atoms with van der Waals surface area (Å²) in [5, 5.41) is 10.3. The largest absolute Gasteiger partial charge is 0.393 e. The fourth-order valence-corrected chi connectivity index (χ4v) is 5.59. The first-order valence-corrected chi connectivity index (χ1v) is 9.05. The lowest BCUT2D eigenvalue weighted by Crippen LogP contribution is -2.50. The van der Waals surface area contributed by atoms with E-state index in [4.69, 9.17) is 0 Å². The summed E-state index contributed by atoms with van der Waals surface area (Å²) < 4.78 is 0. The molecular weight excluding hydrogens is 292 g/mol. The summed E-state index contributed by atoms with van der Waals surface area (Å²) in [5.41, 5.74) is 0. The van der Waals surface area contributed by atoms with E-state index in [1.54, 1.807) is 0 Å². The van der Waals surface area contributed by atoms with Gasteiger partial charge in [-0.15, -0.1) is 0 Å². The van der Waals surface area contributed by atoms with Crippen LogP contribution >= 0.6 is 0 Å². The quantitative estimate of drug-likeness (QED) is 0.741. The topological polar surface area (TPSA) is 70.0 Å². The SMILES string of the molecule is CC1C(O)CCC2CCC3C(=O)N4C(=NC(=O)C(C)[C@@H]4C)C3C21. The standard InChI is InChI=1S/C18H26N2O3/c1-8-10(3)20-16(19-17(8)22)15-12(18(20)23)6-4-11-5-7-13(21)9(2)14(11)15/h8-15,21H,4-7H2,1-3H3/t8?,9?,10-,11?,12?,13?,14?,15?/m0/s1. The molecule has 7 unspecified atom stereocenters. The second kappa shape index (κ2) is 5.13. The monoisotopic (exact) mass is 318 g/mol. The highest BCUT2D eigenvalue weighted by Gasteiger charge is 2.58. The minimum atomic E-state index is -0.296. The number of aliphatic hydroxyl groups is 1. The average molecular weight is 318 g/mol. The molecule has 2 amide bonds. The molecule has 0 aromatic heterocycles. The molecule has 1 N–H and O–H groups in total. The Morgan fingerprint density at radius 2 is 1.78 bits per heavy atom. The Labute approximate surface area is 137 Å². The van der Waals surface area contributed by atoms with Gasteiger partial charge in [0.1, 0.15) is 5.84 Å². The predicted molar refractivity (Wildman–Crippen MR) is 85.5 cm³/mol. The van der Waals surface area contributed by atoms with Gasteiger partial charge in [-0.1, -0.05) is 13.8 Å². The fourth-order valence-electron chi connectivity index (χ4n) is 5.59. The number of aliphatic imine (C=N–C) groups is 1. The van der Waals surface area contributed by atoms with Gasteiger partial charge in [0, 0.05) is 17.9 Å². The molecule has 0 bridgehead atoms. The molecule has 0 aromatic rings. The summed E-state index contributed by atoms with van der Waals surface area (Å²) in [6.45, 7) is 5.93. The lowest BCUT2D eigenvalue weighted by molar-refractivity contribution is -0.135. The van der Waals surface area contributed by atoms with Gasteiger partial charge in [0.2, 0.25) is 5.91 Å². The van der Waals surface area contributed by atoms with Gasteiger partial charge >= 0.3 is 0 Å². The van der Waals surface area contributed by atoms with Gasteiger partial charge in [-0.05, 0) is 50.4 Å². The summed E-state index contributed by atoms with van der Waals surface area (Å²) >= 11 is 0. The van der Waals surface area contributed by atoms with Crippen LogP contribution in [-0.4, -0.2) is 39.8 Å². The smallest absolute Gasteiger partial charge is 0.252 e. The molecule has 5 nitrogen and oxygen atoms in total. The van der Waals surface area contributed by atoms with Crippen molar-refractivity contribution in [2.45, 2.75) is 58.6 Å². The van der Waals surface area contributed by atoms with Gasteiger partial charge < -0.3 is 5.11 Å². The van der Waals surface area contributed by atoms with E-state index in [9.17, 15) is 14.7 Å². The van der Waals surface area contributed by atoms with Crippen LogP contribution in [0.1, 0.15) is 46.5 Å². The summed E-state index contributed by atoms with van der Waals surface area (Å²) in [6, 6.07) is -0.102. The van der Waals surface area contributed by atoms with Crippen LogP contribution in [0.5, 0.6) is 0 Å². The molecule has 8 atom stereocenters. The predicted octanol–water partition coefficient (Wildman–Crippen LogP) is 1.84. The van der Waals surface area contributed by atoms with Gasteiger partial charge in [0.05, 0.1) is 12.0 Å². The molecule has 2 aliphatic carbocycles. The Morgan fingerprint density at radius 3 is 2.52 bits per heavy atom. The average Bonchev–Trinajstić information content (AvgIpc) is 2.81. The molecule has 1 saturated heterocycles. The van der Waals surface area contributed by atoms with Gasteiger partial charge in [-0.2, -0.15) is 4.99 Å². The molecule has 0 radical (unpaired) electrons. The maximum atomic E-state index is 13.0. The first kappa shape index (κ1) is 15.3. The van der Waals surface area contributed by atoms with Crippen LogP contribution < -0.4 is 0 Å². The van der Waals surface area contributed by atoms with Crippen molar-refractivity contribution in [1.29, 1.82) is 0 Å². The zero-order chi connectivity index (χ0) is 16.5. The van der Waals surface area contributed by atoms with Crippen molar-refractivity contribution in [2.24, 2.45) is 40.5 Å². The van der Waals surface area contributed by atoms with Crippen LogP contribution in [0.4, 0.5) is 0 Å². The molecule has 23 heavy (non-hydrogen) atoms. The van der Waals surface area contributed by atoms with E-state index in [-0.39, 0.29) is 53.5 Å². The number of fused-ring (bicyclic) bond motifs is 5. The highest BCUT2D eigenvalue weighted by molar-refractivity contribution is 6.13. The minimum Gasteiger partial charge on any atom is -0.393 e. The number of hydrogen-bond acceptors (Lipinski definition) is 3. The van der Waals surface area contributed by atoms with E-state index in [0.29, 0.717) is 11.8 Å². The third-order valence-electron chi connectivity index (χ3n) is 7.13. The highest BCUT2D eigenvalue weighted by Crippen LogP contribution is 2.53. The van der Waals surface area contributed by atoms with E-state index in [1.165, 1.54) is 0 Å². The normalized spacial score (nSPS) is 49.4. The van der Waals surface area contributed by atoms with Gasteiger partial charge in [0.15, 0.2) is 0 Å². The van der Waals surface area contributed by atoms with E-state index >= 15 is 0 Å². The van der Waals surface area contributed by atoms with Crippen molar-refractivity contribution in [3.05, 3.63) is 0 Å². The van der Waals surface area contributed by atoms with Crippen LogP contribution in [-0.2, 0) is 9.59 Å². The summed E-state index contributed by atoms with van der Waals surface area (Å²) in [4.78, 5) is 31.4. The van der Waals surface area contributed by atoms with Crippen LogP contribution in [0.25, 0.3) is 0 Å². The molecule has 5 heteroatoms. The molecule has 3 fully saturated rings. The second-order valence-electron chi connectivity index (χ2n) is 8.10. The minimum absolute atomic E-state index is 0.0325. The zero-order valence-electron chi connectivity index (χ0n) is 14.1. The van der Waals surface area contributed by atoms with Crippen molar-refractivity contribution in [1.82, 2.24) is 4.90 Å². The molecule has 0 aromatic carbocycles. The third kappa shape index (κ3) is 1.98. The Kier molecular flexibility index (Phi) is 3.42. The number of amides is 2. The van der Waals surface area contributed by atoms with Crippen LogP contribution in [0.2, 0.25) is 0 Å². The number of aliphatic hydroxyl groups excluding tert-OH is 1. The van der Waals surface area contributed by atoms with E-state index in [1.807, 2.05) is 18.7 Å². The molecule has 126 valence electrons. The van der Waals surface area contributed by atoms with Crippen molar-refractivity contribution >= 4 is 17.6 Å². The molecular formula is C18H26N2O3. The number of carbonyl (C=O) groups excluding carboxylic acids is 2. The number of amidine groups is 1. The van der Waals surface area contributed by atoms with E-state index in [2.05, 4.69) is 11.9 Å². The lowest BCUT2D eigenvalue weighted by Gasteiger charge is -2.47. The molecule has 0 spiro atoms. The maximum Gasteiger partial charge on any atom is 0.252 e. The highest BCUT2D eigenvalue weighted by atomic mass is 16.3. The Morgan fingerprint density at radius 1 is 1.09 bits per heavy atom. The number of carbonyl (C=O) groups is 2. The van der Waals surface area contributed by atoms with E-state index < -0.39 is 0 Å². The van der Waals surface area contributed by atoms with Crippen molar-refractivity contribution in [3.8, 4) is 0 Å². The number of hydrogen-bond donors (Lipinski definition) is 1.